The Balaban J connectivity index is 4.07. The minimum Gasteiger partial charge on any atom is -0.375 e. The summed E-state index contributed by atoms with van der Waals surface area (Å²) in [4.78, 5) is 27.3. The molecule has 24 heavy (non-hydrogen) atoms. The minimum absolute atomic E-state index is 0.492. The van der Waals surface area contributed by atoms with Crippen molar-refractivity contribution in [1.29, 1.82) is 0 Å². The van der Waals surface area contributed by atoms with Crippen molar-refractivity contribution in [3.63, 3.8) is 0 Å². The fourth-order valence-electron chi connectivity index (χ4n) is 2.65. The Hall–Kier alpha value is -1.10. The number of unbranched alkanes of at least 4 members (excludes halogenated alkanes) is 8. The van der Waals surface area contributed by atoms with E-state index in [1.54, 1.807) is 14.1 Å². The van der Waals surface area contributed by atoms with Gasteiger partial charge in [-0.05, 0) is 12.8 Å². The van der Waals surface area contributed by atoms with Crippen molar-refractivity contribution in [1.82, 2.24) is 9.80 Å². The van der Waals surface area contributed by atoms with Gasteiger partial charge in [-0.25, -0.2) is 0 Å². The zero-order valence-corrected chi connectivity index (χ0v) is 16.2. The molecule has 0 heterocycles. The first kappa shape index (κ1) is 22.9. The molecule has 0 spiro atoms. The second-order valence-electron chi connectivity index (χ2n) is 6.75. The lowest BCUT2D eigenvalue weighted by Crippen LogP contribution is -2.47. The molecular weight excluding hydrogens is 304 g/mol. The summed E-state index contributed by atoms with van der Waals surface area (Å²) in [5.41, 5.74) is 0. The molecule has 0 saturated heterocycles. The van der Waals surface area contributed by atoms with E-state index in [1.165, 1.54) is 48.3 Å². The van der Waals surface area contributed by atoms with E-state index in [1.807, 2.05) is 0 Å². The van der Waals surface area contributed by atoms with Gasteiger partial charge in [-0.2, -0.15) is 0 Å². The van der Waals surface area contributed by atoms with Gasteiger partial charge in [-0.1, -0.05) is 65.2 Å². The number of hydrogen-bond donors (Lipinski definition) is 1. The highest BCUT2D eigenvalue weighted by atomic mass is 16.3. The molecule has 142 valence electrons. The van der Waals surface area contributed by atoms with E-state index >= 15 is 0 Å². The molecule has 0 atom stereocenters. The lowest BCUT2D eigenvalue weighted by atomic mass is 10.1. The summed E-state index contributed by atoms with van der Waals surface area (Å²) < 4.78 is 0. The molecule has 0 aliphatic heterocycles. The molecule has 0 aromatic rings. The van der Waals surface area contributed by atoms with Gasteiger partial charge in [0.15, 0.2) is 0 Å². The van der Waals surface area contributed by atoms with Gasteiger partial charge in [0.1, 0.15) is 0 Å². The van der Waals surface area contributed by atoms with E-state index in [-0.39, 0.29) is 0 Å². The molecule has 2 amide bonds. The van der Waals surface area contributed by atoms with E-state index in [9.17, 15) is 14.7 Å². The second kappa shape index (κ2) is 14.3. The van der Waals surface area contributed by atoms with Gasteiger partial charge in [0.05, 0.1) is 0 Å². The van der Waals surface area contributed by atoms with E-state index in [2.05, 4.69) is 13.8 Å². The van der Waals surface area contributed by atoms with Crippen molar-refractivity contribution in [3.8, 4) is 0 Å². The van der Waals surface area contributed by atoms with Crippen LogP contribution in [0, 0.1) is 0 Å². The van der Waals surface area contributed by atoms with Crippen molar-refractivity contribution in [3.05, 3.63) is 0 Å². The summed E-state index contributed by atoms with van der Waals surface area (Å²) in [5.74, 6) is -0.985. The molecule has 0 aliphatic carbocycles. The highest BCUT2D eigenvalue weighted by Crippen LogP contribution is 2.07. The molecule has 0 radical (unpaired) electrons. The number of hydrogen-bond acceptors (Lipinski definition) is 3. The van der Waals surface area contributed by atoms with Crippen LogP contribution in [0.1, 0.15) is 78.1 Å². The van der Waals surface area contributed by atoms with E-state index in [0.29, 0.717) is 13.1 Å². The molecule has 0 saturated carbocycles. The molecule has 0 aliphatic rings. The molecular formula is C19H38N2O3. The summed E-state index contributed by atoms with van der Waals surface area (Å²) in [6, 6.07) is 0. The molecule has 5 nitrogen and oxygen atoms in total. The van der Waals surface area contributed by atoms with E-state index in [0.717, 1.165) is 25.7 Å². The fourth-order valence-corrected chi connectivity index (χ4v) is 2.65. The number of carbonyl (C=O) groups is 2. The van der Waals surface area contributed by atoms with Crippen molar-refractivity contribution in [2.75, 3.05) is 27.2 Å². The summed E-state index contributed by atoms with van der Waals surface area (Å²) in [7, 11) is 3.31. The third-order valence-electron chi connectivity index (χ3n) is 4.41. The lowest BCUT2D eigenvalue weighted by Gasteiger charge is -2.24. The van der Waals surface area contributed by atoms with Crippen molar-refractivity contribution in [2.45, 2.75) is 84.2 Å². The zero-order chi connectivity index (χ0) is 18.4. The predicted octanol–water partition coefficient (Wildman–Crippen LogP) is 3.20. The summed E-state index contributed by atoms with van der Waals surface area (Å²) in [6.45, 7) is 5.51. The fraction of sp³-hybridized carbons (Fsp3) is 0.895. The van der Waals surface area contributed by atoms with E-state index < -0.39 is 17.9 Å². The normalized spacial score (nSPS) is 10.9. The maximum absolute atomic E-state index is 12.2. The third-order valence-corrected chi connectivity index (χ3v) is 4.41. The molecule has 0 bridgehead atoms. The summed E-state index contributed by atoms with van der Waals surface area (Å²) in [5, 5.41) is 10.0. The Morgan fingerprint density at radius 2 is 1.04 bits per heavy atom. The van der Waals surface area contributed by atoms with E-state index in [4.69, 9.17) is 0 Å². The van der Waals surface area contributed by atoms with Crippen LogP contribution >= 0.6 is 0 Å². The van der Waals surface area contributed by atoms with Crippen LogP contribution in [0.5, 0.6) is 0 Å². The van der Waals surface area contributed by atoms with Gasteiger partial charge < -0.3 is 14.9 Å². The Labute approximate surface area is 148 Å². The molecule has 0 aromatic heterocycles. The topological polar surface area (TPSA) is 60.9 Å². The Morgan fingerprint density at radius 3 is 1.38 bits per heavy atom. The van der Waals surface area contributed by atoms with Gasteiger partial charge >= 0.3 is 0 Å². The minimum atomic E-state index is -1.56. The first-order valence-electron chi connectivity index (χ1n) is 9.63. The average Bonchev–Trinajstić information content (AvgIpc) is 2.58. The van der Waals surface area contributed by atoms with Crippen LogP contribution in [0.2, 0.25) is 0 Å². The average molecular weight is 343 g/mol. The zero-order valence-electron chi connectivity index (χ0n) is 16.2. The quantitative estimate of drug-likeness (QED) is 0.389. The van der Waals surface area contributed by atoms with Crippen molar-refractivity contribution >= 4 is 11.8 Å². The maximum atomic E-state index is 12.2. The SMILES string of the molecule is CCCCCCCN(C)C(=O)C(O)C(=O)N(C)CCCCCCC. The Kier molecular flexibility index (Phi) is 13.6. The molecule has 0 unspecified atom stereocenters. The van der Waals surface area contributed by atoms with Gasteiger partial charge in [0.2, 0.25) is 6.10 Å². The number of amides is 2. The largest absolute Gasteiger partial charge is 0.375 e. The summed E-state index contributed by atoms with van der Waals surface area (Å²) in [6.07, 6.45) is 9.55. The van der Waals surface area contributed by atoms with Crippen LogP contribution in [0.3, 0.4) is 0 Å². The molecule has 1 N–H and O–H groups in total. The highest BCUT2D eigenvalue weighted by molar-refractivity contribution is 6.02. The summed E-state index contributed by atoms with van der Waals surface area (Å²) >= 11 is 0. The van der Waals surface area contributed by atoms with Crippen LogP contribution < -0.4 is 0 Å². The van der Waals surface area contributed by atoms with Gasteiger partial charge in [0, 0.05) is 27.2 Å². The van der Waals surface area contributed by atoms with Crippen LogP contribution in [0.15, 0.2) is 0 Å². The molecule has 0 fully saturated rings. The first-order chi connectivity index (χ1) is 11.5. The smallest absolute Gasteiger partial charge is 0.261 e. The first-order valence-corrected chi connectivity index (χ1v) is 9.63. The number of likely N-dealkylation sites (N-methyl/N-ethyl adjacent to an activating group) is 2. The number of aliphatic hydroxyl groups is 1. The maximum Gasteiger partial charge on any atom is 0.261 e. The predicted molar refractivity (Wildman–Crippen MR) is 98.8 cm³/mol. The molecule has 5 heteroatoms. The number of aliphatic hydroxyl groups excluding tert-OH is 1. The van der Waals surface area contributed by atoms with Crippen LogP contribution in [0.25, 0.3) is 0 Å². The van der Waals surface area contributed by atoms with Gasteiger partial charge in [-0.15, -0.1) is 0 Å². The molecule has 0 rings (SSSR count). The van der Waals surface area contributed by atoms with Crippen LogP contribution in [-0.4, -0.2) is 60.0 Å². The monoisotopic (exact) mass is 342 g/mol. The Morgan fingerprint density at radius 1 is 0.708 bits per heavy atom. The third kappa shape index (κ3) is 9.91. The van der Waals surface area contributed by atoms with Crippen LogP contribution in [-0.2, 0) is 9.59 Å². The van der Waals surface area contributed by atoms with Gasteiger partial charge in [0.25, 0.3) is 11.8 Å². The highest BCUT2D eigenvalue weighted by Gasteiger charge is 2.28. The number of carbonyl (C=O) groups excluding carboxylic acids is 2. The van der Waals surface area contributed by atoms with Crippen molar-refractivity contribution < 1.29 is 14.7 Å². The Bertz CT molecular complexity index is 316. The number of rotatable bonds is 14. The molecule has 0 aromatic carbocycles. The number of nitrogens with zero attached hydrogens (tertiary/aromatic N) is 2. The standard InChI is InChI=1S/C19H38N2O3/c1-5-7-9-11-13-15-20(3)18(23)17(22)19(24)21(4)16-14-12-10-8-6-2/h17,22H,5-16H2,1-4H3. The van der Waals surface area contributed by atoms with Gasteiger partial charge in [-0.3, -0.25) is 9.59 Å². The van der Waals surface area contributed by atoms with Crippen LogP contribution in [0.4, 0.5) is 0 Å². The lowest BCUT2D eigenvalue weighted by molar-refractivity contribution is -0.152. The second-order valence-corrected chi connectivity index (χ2v) is 6.75. The van der Waals surface area contributed by atoms with Crippen molar-refractivity contribution in [2.24, 2.45) is 0 Å².